The Morgan fingerprint density at radius 3 is 2.48 bits per heavy atom. The summed E-state index contributed by atoms with van der Waals surface area (Å²) in [7, 11) is 1.39. The van der Waals surface area contributed by atoms with E-state index in [1.165, 1.54) is 24.0 Å². The predicted octanol–water partition coefficient (Wildman–Crippen LogP) is 5.39. The Morgan fingerprint density at radius 2 is 1.88 bits per heavy atom. The molecule has 0 unspecified atom stereocenters. The quantitative estimate of drug-likeness (QED) is 0.553. The number of thiocarbonyl (C=S) groups is 1. The summed E-state index contributed by atoms with van der Waals surface area (Å²) in [5.74, 6) is 0.0213. The van der Waals surface area contributed by atoms with Gasteiger partial charge < -0.3 is 15.4 Å². The molecule has 2 N–H and O–H groups in total. The first-order valence-electron chi connectivity index (χ1n) is 8.12. The van der Waals surface area contributed by atoms with E-state index < -0.39 is 0 Å². The molecule has 134 valence electrons. The molecule has 0 aliphatic heterocycles. The molecule has 0 aliphatic rings. The molecule has 0 fully saturated rings. The van der Waals surface area contributed by atoms with Gasteiger partial charge in [0.25, 0.3) is 0 Å². The van der Waals surface area contributed by atoms with Gasteiger partial charge in [-0.3, -0.25) is 0 Å². The number of carbonyl (C=O) groups excluding carboxylic acids is 1. The summed E-state index contributed by atoms with van der Waals surface area (Å²) < 4.78 is 4.90. The SMILES string of the molecule is COC(=O)c1c(NC(=S)Nc2c(C)cccc2C(C)C)sc(C)c1C. The van der Waals surface area contributed by atoms with Gasteiger partial charge in [-0.1, -0.05) is 32.0 Å². The zero-order chi connectivity index (χ0) is 18.7. The summed E-state index contributed by atoms with van der Waals surface area (Å²) in [4.78, 5) is 13.1. The summed E-state index contributed by atoms with van der Waals surface area (Å²) in [5, 5.41) is 7.63. The molecule has 1 heterocycles. The standard InChI is InChI=1S/C19H24N2O2S2/c1-10(2)14-9-7-8-11(3)16(14)20-19(24)21-17-15(18(22)23-6)12(4)13(5)25-17/h7-10H,1-6H3,(H2,20,21,24). The minimum absolute atomic E-state index is 0.356. The van der Waals surface area contributed by atoms with E-state index >= 15 is 0 Å². The molecule has 4 nitrogen and oxygen atoms in total. The molecule has 0 saturated carbocycles. The Morgan fingerprint density at radius 1 is 1.20 bits per heavy atom. The summed E-state index contributed by atoms with van der Waals surface area (Å²) in [6.45, 7) is 10.2. The van der Waals surface area contributed by atoms with Gasteiger partial charge in [0.05, 0.1) is 12.7 Å². The van der Waals surface area contributed by atoms with Gasteiger partial charge in [0.2, 0.25) is 0 Å². The first-order chi connectivity index (χ1) is 11.8. The highest BCUT2D eigenvalue weighted by Gasteiger charge is 2.21. The van der Waals surface area contributed by atoms with E-state index in [9.17, 15) is 4.79 Å². The third-order valence-electron chi connectivity index (χ3n) is 4.17. The maximum Gasteiger partial charge on any atom is 0.341 e. The van der Waals surface area contributed by atoms with Crippen LogP contribution in [0, 0.1) is 20.8 Å². The number of nitrogens with one attached hydrogen (secondary N) is 2. The number of ether oxygens (including phenoxy) is 1. The molecule has 0 spiro atoms. The number of anilines is 2. The van der Waals surface area contributed by atoms with Gasteiger partial charge in [-0.15, -0.1) is 11.3 Å². The lowest BCUT2D eigenvalue weighted by molar-refractivity contribution is 0.0601. The van der Waals surface area contributed by atoms with Gasteiger partial charge in [0, 0.05) is 10.6 Å². The highest BCUT2D eigenvalue weighted by atomic mass is 32.1. The van der Waals surface area contributed by atoms with Crippen molar-refractivity contribution in [2.24, 2.45) is 0 Å². The molecule has 2 aromatic rings. The number of carbonyl (C=O) groups is 1. The van der Waals surface area contributed by atoms with Crippen molar-refractivity contribution in [3.05, 3.63) is 45.3 Å². The Kier molecular flexibility index (Phi) is 6.19. The third-order valence-corrected chi connectivity index (χ3v) is 5.49. The van der Waals surface area contributed by atoms with Gasteiger partial charge in [0.15, 0.2) is 5.11 Å². The minimum Gasteiger partial charge on any atom is -0.465 e. The average molecular weight is 377 g/mol. The molecule has 1 aromatic carbocycles. The molecule has 0 bridgehead atoms. The second-order valence-electron chi connectivity index (χ2n) is 6.25. The second kappa shape index (κ2) is 7.97. The van der Waals surface area contributed by atoms with Crippen LogP contribution in [0.25, 0.3) is 0 Å². The molecule has 0 saturated heterocycles. The first kappa shape index (κ1) is 19.4. The maximum atomic E-state index is 12.1. The van der Waals surface area contributed by atoms with Crippen LogP contribution in [-0.4, -0.2) is 18.2 Å². The number of aryl methyl sites for hydroxylation is 2. The highest BCUT2D eigenvalue weighted by molar-refractivity contribution is 7.80. The van der Waals surface area contributed by atoms with E-state index in [-0.39, 0.29) is 5.97 Å². The van der Waals surface area contributed by atoms with Crippen LogP contribution in [0.3, 0.4) is 0 Å². The molecular weight excluding hydrogens is 352 g/mol. The van der Waals surface area contributed by atoms with Crippen LogP contribution in [-0.2, 0) is 4.74 Å². The fourth-order valence-corrected chi connectivity index (χ4v) is 3.97. The first-order valence-corrected chi connectivity index (χ1v) is 9.34. The van der Waals surface area contributed by atoms with Crippen molar-refractivity contribution in [2.75, 3.05) is 17.7 Å². The lowest BCUT2D eigenvalue weighted by Crippen LogP contribution is -2.21. The van der Waals surface area contributed by atoms with Crippen LogP contribution < -0.4 is 10.6 Å². The zero-order valence-corrected chi connectivity index (χ0v) is 17.1. The molecule has 6 heteroatoms. The molecule has 0 amide bonds. The largest absolute Gasteiger partial charge is 0.465 e. The molecule has 25 heavy (non-hydrogen) atoms. The Hall–Kier alpha value is -1.92. The van der Waals surface area contributed by atoms with Crippen molar-refractivity contribution in [1.82, 2.24) is 0 Å². The zero-order valence-electron chi connectivity index (χ0n) is 15.4. The van der Waals surface area contributed by atoms with Gasteiger partial charge in [-0.25, -0.2) is 4.79 Å². The number of hydrogen-bond acceptors (Lipinski definition) is 4. The summed E-state index contributed by atoms with van der Waals surface area (Å²) in [6.07, 6.45) is 0. The van der Waals surface area contributed by atoms with Gasteiger partial charge in [0.1, 0.15) is 5.00 Å². The van der Waals surface area contributed by atoms with Crippen LogP contribution in [0.2, 0.25) is 0 Å². The lowest BCUT2D eigenvalue weighted by atomic mass is 9.98. The van der Waals surface area contributed by atoms with E-state index in [1.54, 1.807) is 0 Å². The van der Waals surface area contributed by atoms with E-state index in [4.69, 9.17) is 17.0 Å². The van der Waals surface area contributed by atoms with E-state index in [2.05, 4.69) is 43.5 Å². The number of benzene rings is 1. The summed E-state index contributed by atoms with van der Waals surface area (Å²) in [5.41, 5.74) is 4.81. The molecule has 0 atom stereocenters. The lowest BCUT2D eigenvalue weighted by Gasteiger charge is -2.18. The molecule has 2 rings (SSSR count). The van der Waals surface area contributed by atoms with Crippen molar-refractivity contribution in [3.8, 4) is 0 Å². The van der Waals surface area contributed by atoms with Crippen LogP contribution in [0.1, 0.15) is 51.7 Å². The van der Waals surface area contributed by atoms with Crippen LogP contribution in [0.15, 0.2) is 18.2 Å². The van der Waals surface area contributed by atoms with Gasteiger partial charge in [-0.05, 0) is 55.6 Å². The van der Waals surface area contributed by atoms with Crippen LogP contribution in [0.4, 0.5) is 10.7 Å². The molecular formula is C19H24N2O2S2. The molecule has 0 aliphatic carbocycles. The number of thiophene rings is 1. The normalized spacial score (nSPS) is 10.7. The van der Waals surface area contributed by atoms with E-state index in [1.807, 2.05) is 19.9 Å². The number of rotatable bonds is 4. The average Bonchev–Trinajstić information content (AvgIpc) is 2.82. The number of para-hydroxylation sites is 1. The number of hydrogen-bond donors (Lipinski definition) is 2. The fourth-order valence-electron chi connectivity index (χ4n) is 2.65. The van der Waals surface area contributed by atoms with Crippen molar-refractivity contribution in [2.45, 2.75) is 40.5 Å². The number of esters is 1. The van der Waals surface area contributed by atoms with Crippen molar-refractivity contribution >= 4 is 45.3 Å². The topological polar surface area (TPSA) is 50.4 Å². The van der Waals surface area contributed by atoms with Gasteiger partial charge >= 0.3 is 5.97 Å². The molecule has 1 aromatic heterocycles. The highest BCUT2D eigenvalue weighted by Crippen LogP contribution is 2.33. The van der Waals surface area contributed by atoms with Crippen LogP contribution in [0.5, 0.6) is 0 Å². The minimum atomic E-state index is -0.356. The third kappa shape index (κ3) is 4.19. The number of methoxy groups -OCH3 is 1. The van der Waals surface area contributed by atoms with Crippen LogP contribution >= 0.6 is 23.6 Å². The predicted molar refractivity (Wildman–Crippen MR) is 110 cm³/mol. The monoisotopic (exact) mass is 376 g/mol. The van der Waals surface area contributed by atoms with Gasteiger partial charge in [-0.2, -0.15) is 0 Å². The maximum absolute atomic E-state index is 12.1. The second-order valence-corrected chi connectivity index (χ2v) is 7.88. The van der Waals surface area contributed by atoms with E-state index in [0.29, 0.717) is 21.6 Å². The summed E-state index contributed by atoms with van der Waals surface area (Å²) in [6, 6.07) is 6.20. The summed E-state index contributed by atoms with van der Waals surface area (Å²) >= 11 is 6.99. The van der Waals surface area contributed by atoms with Crippen molar-refractivity contribution < 1.29 is 9.53 Å². The van der Waals surface area contributed by atoms with E-state index in [0.717, 1.165) is 21.7 Å². The smallest absolute Gasteiger partial charge is 0.341 e. The Bertz CT molecular complexity index is 810. The van der Waals surface area contributed by atoms with Crippen molar-refractivity contribution in [1.29, 1.82) is 0 Å². The Balaban J connectivity index is 2.28. The fraction of sp³-hybridized carbons (Fsp3) is 0.368. The molecule has 0 radical (unpaired) electrons. The van der Waals surface area contributed by atoms with Crippen molar-refractivity contribution in [3.63, 3.8) is 0 Å². The Labute approximate surface area is 158 Å².